The van der Waals surface area contributed by atoms with Crippen molar-refractivity contribution >= 4 is 44.9 Å². The van der Waals surface area contributed by atoms with Crippen molar-refractivity contribution in [2.24, 2.45) is 0 Å². The fourth-order valence-electron chi connectivity index (χ4n) is 5.80. The molecular weight excluding hydrogens is 475 g/mol. The minimum absolute atomic E-state index is 0.354. The zero-order chi connectivity index (χ0) is 26.8. The summed E-state index contributed by atoms with van der Waals surface area (Å²) < 4.78 is 12.6. The van der Waals surface area contributed by atoms with Gasteiger partial charge in [0, 0.05) is 0 Å². The molecule has 6 aromatic rings. The average molecular weight is 506 g/mol. The predicted molar refractivity (Wildman–Crippen MR) is 166 cm³/mol. The lowest BCUT2D eigenvalue weighted by Gasteiger charge is -2.32. The molecule has 0 spiro atoms. The number of benzene rings is 6. The molecule has 0 N–H and O–H groups in total. The second kappa shape index (κ2) is 8.81. The van der Waals surface area contributed by atoms with E-state index in [0.29, 0.717) is 0 Å². The first-order chi connectivity index (χ1) is 18.8. The summed E-state index contributed by atoms with van der Waals surface area (Å²) in [6.45, 7) is 8.38. The van der Waals surface area contributed by atoms with Crippen LogP contribution >= 0.6 is 0 Å². The molecule has 1 heterocycles. The van der Waals surface area contributed by atoms with Crippen LogP contribution < -0.4 is 5.46 Å². The van der Waals surface area contributed by atoms with E-state index in [2.05, 4.69) is 143 Å². The molecule has 190 valence electrons. The number of hydrogen-bond acceptors (Lipinski definition) is 2. The lowest BCUT2D eigenvalue weighted by Crippen LogP contribution is -2.41. The Labute approximate surface area is 230 Å². The maximum Gasteiger partial charge on any atom is 0.494 e. The van der Waals surface area contributed by atoms with E-state index < -0.39 is 0 Å². The Kier molecular flexibility index (Phi) is 5.45. The molecule has 7 rings (SSSR count). The highest BCUT2D eigenvalue weighted by molar-refractivity contribution is 6.62. The predicted octanol–water partition coefficient (Wildman–Crippen LogP) is 8.78. The first-order valence-corrected chi connectivity index (χ1v) is 13.7. The monoisotopic (exact) mass is 506 g/mol. The van der Waals surface area contributed by atoms with Crippen molar-refractivity contribution in [1.29, 1.82) is 0 Å². The third kappa shape index (κ3) is 3.96. The third-order valence-corrected chi connectivity index (χ3v) is 8.69. The van der Waals surface area contributed by atoms with Crippen molar-refractivity contribution in [1.82, 2.24) is 0 Å². The zero-order valence-corrected chi connectivity index (χ0v) is 22.9. The molecule has 0 aliphatic carbocycles. The van der Waals surface area contributed by atoms with Crippen molar-refractivity contribution in [2.45, 2.75) is 38.9 Å². The van der Waals surface area contributed by atoms with Crippen LogP contribution in [0.25, 0.3) is 54.6 Å². The van der Waals surface area contributed by atoms with Crippen LogP contribution in [0.1, 0.15) is 27.7 Å². The van der Waals surface area contributed by atoms with Gasteiger partial charge in [0.1, 0.15) is 0 Å². The summed E-state index contributed by atoms with van der Waals surface area (Å²) in [5.74, 6) is 0. The first kappa shape index (κ1) is 24.1. The van der Waals surface area contributed by atoms with Gasteiger partial charge in [-0.25, -0.2) is 0 Å². The van der Waals surface area contributed by atoms with E-state index in [4.69, 9.17) is 9.31 Å². The standard InChI is InChI=1S/C36H31BO2/c1-35(2)36(3,4)39-37(38-35)28-20-19-24-21-27(18-17-25(24)22-28)30-13-7-8-15-32(30)34-23-26-11-5-6-12-29(26)31-14-9-10-16-33(31)34/h5-23H,1-4H3. The van der Waals surface area contributed by atoms with Crippen molar-refractivity contribution in [2.75, 3.05) is 0 Å². The van der Waals surface area contributed by atoms with Crippen LogP contribution in [0.2, 0.25) is 0 Å². The lowest BCUT2D eigenvalue weighted by atomic mass is 9.78. The summed E-state index contributed by atoms with van der Waals surface area (Å²) in [4.78, 5) is 0. The minimum Gasteiger partial charge on any atom is -0.399 e. The molecule has 6 aromatic carbocycles. The van der Waals surface area contributed by atoms with Gasteiger partial charge < -0.3 is 9.31 Å². The molecule has 1 fully saturated rings. The molecule has 0 radical (unpaired) electrons. The highest BCUT2D eigenvalue weighted by Crippen LogP contribution is 2.40. The maximum atomic E-state index is 6.30. The summed E-state index contributed by atoms with van der Waals surface area (Å²) in [6.07, 6.45) is 0. The fraction of sp³-hybridized carbons (Fsp3) is 0.167. The SMILES string of the molecule is CC1(C)OB(c2ccc3cc(-c4ccccc4-c4cc5ccccc5c5ccccc45)ccc3c2)OC1(C)C. The van der Waals surface area contributed by atoms with Crippen LogP contribution in [0.5, 0.6) is 0 Å². The Hall–Kier alpha value is -3.92. The van der Waals surface area contributed by atoms with Crippen LogP contribution in [-0.4, -0.2) is 18.3 Å². The number of fused-ring (bicyclic) bond motifs is 4. The van der Waals surface area contributed by atoms with E-state index in [9.17, 15) is 0 Å². The van der Waals surface area contributed by atoms with E-state index in [1.807, 2.05) is 0 Å². The molecule has 1 saturated heterocycles. The highest BCUT2D eigenvalue weighted by atomic mass is 16.7. The third-order valence-electron chi connectivity index (χ3n) is 8.69. The maximum absolute atomic E-state index is 6.30. The van der Waals surface area contributed by atoms with Gasteiger partial charge in [-0.15, -0.1) is 0 Å². The van der Waals surface area contributed by atoms with Gasteiger partial charge in [0.05, 0.1) is 11.2 Å². The van der Waals surface area contributed by atoms with E-state index in [-0.39, 0.29) is 18.3 Å². The smallest absolute Gasteiger partial charge is 0.399 e. The molecule has 1 aliphatic heterocycles. The number of rotatable bonds is 3. The van der Waals surface area contributed by atoms with Crippen LogP contribution in [0, 0.1) is 0 Å². The molecule has 39 heavy (non-hydrogen) atoms. The van der Waals surface area contributed by atoms with E-state index in [1.165, 1.54) is 54.6 Å². The molecule has 0 saturated carbocycles. The summed E-state index contributed by atoms with van der Waals surface area (Å²) in [7, 11) is -0.360. The molecule has 0 atom stereocenters. The Morgan fingerprint density at radius 1 is 0.462 bits per heavy atom. The molecule has 0 aromatic heterocycles. The van der Waals surface area contributed by atoms with Crippen molar-refractivity contribution in [3.8, 4) is 22.3 Å². The second-order valence-corrected chi connectivity index (χ2v) is 11.6. The Bertz CT molecular complexity index is 1870. The van der Waals surface area contributed by atoms with Gasteiger partial charge in [0.25, 0.3) is 0 Å². The molecular formula is C36H31BO2. The average Bonchev–Trinajstić information content (AvgIpc) is 3.18. The zero-order valence-electron chi connectivity index (χ0n) is 22.9. The first-order valence-electron chi connectivity index (χ1n) is 13.7. The molecule has 0 amide bonds. The van der Waals surface area contributed by atoms with Gasteiger partial charge >= 0.3 is 7.12 Å². The van der Waals surface area contributed by atoms with Crippen molar-refractivity contribution < 1.29 is 9.31 Å². The van der Waals surface area contributed by atoms with Gasteiger partial charge in [-0.05, 0) is 99.9 Å². The fourth-order valence-corrected chi connectivity index (χ4v) is 5.80. The molecule has 0 bridgehead atoms. The van der Waals surface area contributed by atoms with E-state index in [0.717, 1.165) is 5.46 Å². The Morgan fingerprint density at radius 2 is 1.05 bits per heavy atom. The lowest BCUT2D eigenvalue weighted by molar-refractivity contribution is 0.00578. The van der Waals surface area contributed by atoms with Crippen molar-refractivity contribution in [3.05, 3.63) is 115 Å². The van der Waals surface area contributed by atoms with Gasteiger partial charge in [-0.1, -0.05) is 103 Å². The van der Waals surface area contributed by atoms with Gasteiger partial charge in [-0.2, -0.15) is 0 Å². The normalized spacial score (nSPS) is 16.4. The van der Waals surface area contributed by atoms with Crippen molar-refractivity contribution in [3.63, 3.8) is 0 Å². The summed E-state index contributed by atoms with van der Waals surface area (Å²) in [5.41, 5.74) is 5.29. The Balaban J connectivity index is 1.33. The topological polar surface area (TPSA) is 18.5 Å². The molecule has 1 aliphatic rings. The number of hydrogen-bond donors (Lipinski definition) is 0. The molecule has 0 unspecified atom stereocenters. The quantitative estimate of drug-likeness (QED) is 0.176. The molecule has 2 nitrogen and oxygen atoms in total. The Morgan fingerprint density at radius 3 is 1.82 bits per heavy atom. The summed E-state index contributed by atoms with van der Waals surface area (Å²) >= 11 is 0. The summed E-state index contributed by atoms with van der Waals surface area (Å²) in [5, 5.41) is 7.49. The van der Waals surface area contributed by atoms with Gasteiger partial charge in [0.15, 0.2) is 0 Å². The molecule has 3 heteroatoms. The largest absolute Gasteiger partial charge is 0.494 e. The van der Waals surface area contributed by atoms with E-state index >= 15 is 0 Å². The van der Waals surface area contributed by atoms with Crippen LogP contribution in [0.15, 0.2) is 115 Å². The van der Waals surface area contributed by atoms with Crippen LogP contribution in [0.4, 0.5) is 0 Å². The van der Waals surface area contributed by atoms with E-state index in [1.54, 1.807) is 0 Å². The van der Waals surface area contributed by atoms with Gasteiger partial charge in [0.2, 0.25) is 0 Å². The van der Waals surface area contributed by atoms with Crippen LogP contribution in [0.3, 0.4) is 0 Å². The second-order valence-electron chi connectivity index (χ2n) is 11.6. The van der Waals surface area contributed by atoms with Crippen LogP contribution in [-0.2, 0) is 9.31 Å². The minimum atomic E-state index is -0.360. The summed E-state index contributed by atoms with van der Waals surface area (Å²) in [6, 6.07) is 41.8. The highest BCUT2D eigenvalue weighted by Gasteiger charge is 2.51. The van der Waals surface area contributed by atoms with Gasteiger partial charge in [-0.3, -0.25) is 0 Å².